The highest BCUT2D eigenvalue weighted by Crippen LogP contribution is 2.33. The summed E-state index contributed by atoms with van der Waals surface area (Å²) in [7, 11) is 0. The zero-order valence-electron chi connectivity index (χ0n) is 14.4. The van der Waals surface area contributed by atoms with Crippen LogP contribution >= 0.6 is 0 Å². The van der Waals surface area contributed by atoms with Gasteiger partial charge in [0.2, 0.25) is 5.91 Å². The number of benzene rings is 2. The van der Waals surface area contributed by atoms with Crippen LogP contribution in [0.2, 0.25) is 0 Å². The summed E-state index contributed by atoms with van der Waals surface area (Å²) in [6.45, 7) is 1.99. The first-order valence-corrected chi connectivity index (χ1v) is 8.85. The van der Waals surface area contributed by atoms with E-state index in [1.165, 1.54) is 12.1 Å². The molecule has 0 spiro atoms. The van der Waals surface area contributed by atoms with Gasteiger partial charge < -0.3 is 14.8 Å². The molecule has 2 aromatic carbocycles. The molecule has 26 heavy (non-hydrogen) atoms. The first-order valence-electron chi connectivity index (χ1n) is 8.85. The molecule has 2 aromatic rings. The Morgan fingerprint density at radius 2 is 1.81 bits per heavy atom. The summed E-state index contributed by atoms with van der Waals surface area (Å²) in [5.41, 5.74) is 1.70. The van der Waals surface area contributed by atoms with Crippen molar-refractivity contribution >= 4 is 11.6 Å². The molecule has 136 valence electrons. The summed E-state index contributed by atoms with van der Waals surface area (Å²) < 4.78 is 24.1. The highest BCUT2D eigenvalue weighted by atomic mass is 19.1. The molecule has 1 heterocycles. The number of ether oxygens (including phenoxy) is 2. The molecule has 1 saturated carbocycles. The molecule has 4 rings (SSSR count). The molecule has 6 heteroatoms. The van der Waals surface area contributed by atoms with Gasteiger partial charge in [0.25, 0.3) is 0 Å². The van der Waals surface area contributed by atoms with Crippen molar-refractivity contribution in [2.24, 2.45) is 0 Å². The number of rotatable bonds is 6. The van der Waals surface area contributed by atoms with Crippen LogP contribution in [0, 0.1) is 5.82 Å². The fourth-order valence-electron chi connectivity index (χ4n) is 3.08. The lowest BCUT2D eigenvalue weighted by atomic mass is 10.2. The van der Waals surface area contributed by atoms with Crippen LogP contribution in [-0.4, -0.2) is 36.6 Å². The van der Waals surface area contributed by atoms with Crippen molar-refractivity contribution in [2.75, 3.05) is 25.1 Å². The zero-order chi connectivity index (χ0) is 17.9. The molecular weight excluding hydrogens is 335 g/mol. The van der Waals surface area contributed by atoms with Crippen molar-refractivity contribution in [1.29, 1.82) is 0 Å². The molecule has 1 amide bonds. The van der Waals surface area contributed by atoms with Gasteiger partial charge in [0, 0.05) is 24.3 Å². The van der Waals surface area contributed by atoms with Crippen LogP contribution in [0.3, 0.4) is 0 Å². The minimum Gasteiger partial charge on any atom is -0.486 e. The summed E-state index contributed by atoms with van der Waals surface area (Å²) in [4.78, 5) is 14.6. The Morgan fingerprint density at radius 3 is 2.54 bits per heavy atom. The fourth-order valence-corrected chi connectivity index (χ4v) is 3.08. The van der Waals surface area contributed by atoms with Gasteiger partial charge in [-0.3, -0.25) is 9.69 Å². The van der Waals surface area contributed by atoms with Gasteiger partial charge >= 0.3 is 0 Å². The predicted octanol–water partition coefficient (Wildman–Crippen LogP) is 3.20. The second kappa shape index (κ2) is 7.33. The Kier molecular flexibility index (Phi) is 4.75. The van der Waals surface area contributed by atoms with Crippen LogP contribution in [0.15, 0.2) is 42.5 Å². The lowest BCUT2D eigenvalue weighted by Gasteiger charge is -2.22. The largest absolute Gasteiger partial charge is 0.486 e. The minimum atomic E-state index is -0.247. The normalized spacial score (nSPS) is 15.8. The summed E-state index contributed by atoms with van der Waals surface area (Å²) >= 11 is 0. The molecular formula is C20H21FN2O3. The lowest BCUT2D eigenvalue weighted by molar-refractivity contribution is -0.117. The monoisotopic (exact) mass is 356 g/mol. The zero-order valence-corrected chi connectivity index (χ0v) is 14.4. The van der Waals surface area contributed by atoms with Crippen LogP contribution < -0.4 is 14.8 Å². The molecule has 0 unspecified atom stereocenters. The van der Waals surface area contributed by atoms with Gasteiger partial charge in [-0.2, -0.15) is 0 Å². The molecule has 1 aliphatic heterocycles. The van der Waals surface area contributed by atoms with Crippen LogP contribution in [0.4, 0.5) is 10.1 Å². The van der Waals surface area contributed by atoms with Gasteiger partial charge in [-0.1, -0.05) is 12.1 Å². The van der Waals surface area contributed by atoms with E-state index in [-0.39, 0.29) is 11.7 Å². The van der Waals surface area contributed by atoms with Gasteiger partial charge in [-0.05, 0) is 42.7 Å². The molecule has 0 saturated heterocycles. The second-order valence-corrected chi connectivity index (χ2v) is 6.67. The number of fused-ring (bicyclic) bond motifs is 1. The van der Waals surface area contributed by atoms with Gasteiger partial charge in [-0.25, -0.2) is 4.39 Å². The lowest BCUT2D eigenvalue weighted by Crippen LogP contribution is -2.34. The van der Waals surface area contributed by atoms with Crippen LogP contribution in [0.25, 0.3) is 0 Å². The summed E-state index contributed by atoms with van der Waals surface area (Å²) in [6, 6.07) is 12.3. The first kappa shape index (κ1) is 16.8. The van der Waals surface area contributed by atoms with Crippen molar-refractivity contribution in [3.63, 3.8) is 0 Å². The summed E-state index contributed by atoms with van der Waals surface area (Å²) in [5, 5.41) is 2.92. The topological polar surface area (TPSA) is 50.8 Å². The minimum absolute atomic E-state index is 0.0734. The maximum Gasteiger partial charge on any atom is 0.238 e. The molecule has 2 aliphatic rings. The van der Waals surface area contributed by atoms with Crippen LogP contribution in [0.1, 0.15) is 18.4 Å². The Labute approximate surface area is 151 Å². The van der Waals surface area contributed by atoms with E-state index in [0.717, 1.165) is 18.4 Å². The molecule has 0 bridgehead atoms. The summed E-state index contributed by atoms with van der Waals surface area (Å²) in [5.74, 6) is 1.03. The molecule has 1 N–H and O–H groups in total. The molecule has 0 aromatic heterocycles. The van der Waals surface area contributed by atoms with Crippen molar-refractivity contribution in [1.82, 2.24) is 4.90 Å². The average molecular weight is 356 g/mol. The number of nitrogens with zero attached hydrogens (tertiary/aromatic N) is 1. The van der Waals surface area contributed by atoms with E-state index < -0.39 is 0 Å². The fraction of sp³-hybridized carbons (Fsp3) is 0.350. The van der Waals surface area contributed by atoms with Gasteiger partial charge in [0.15, 0.2) is 11.5 Å². The highest BCUT2D eigenvalue weighted by molar-refractivity contribution is 5.92. The molecule has 5 nitrogen and oxygen atoms in total. The van der Waals surface area contributed by atoms with E-state index in [2.05, 4.69) is 10.2 Å². The van der Waals surface area contributed by atoms with E-state index in [1.54, 1.807) is 24.3 Å². The third-order valence-electron chi connectivity index (χ3n) is 4.53. The molecule has 1 aliphatic carbocycles. The number of halogens is 1. The number of hydrogen-bond acceptors (Lipinski definition) is 4. The third-order valence-corrected chi connectivity index (χ3v) is 4.53. The van der Waals surface area contributed by atoms with E-state index in [0.29, 0.717) is 49.5 Å². The quantitative estimate of drug-likeness (QED) is 0.864. The second-order valence-electron chi connectivity index (χ2n) is 6.67. The average Bonchev–Trinajstić information content (AvgIpc) is 3.48. The Hall–Kier alpha value is -2.60. The van der Waals surface area contributed by atoms with E-state index in [1.807, 2.05) is 6.07 Å². The number of carbonyl (C=O) groups is 1. The van der Waals surface area contributed by atoms with Crippen molar-refractivity contribution in [2.45, 2.75) is 25.4 Å². The Balaban J connectivity index is 1.38. The van der Waals surface area contributed by atoms with Gasteiger partial charge in [0.05, 0.1) is 6.54 Å². The SMILES string of the molecule is O=C(CN(Cc1ccc(F)cc1)C1CC1)Nc1ccc2c(c1)OCCO2. The maximum absolute atomic E-state index is 13.1. The number of hydrogen-bond donors (Lipinski definition) is 1. The van der Waals surface area contributed by atoms with Gasteiger partial charge in [-0.15, -0.1) is 0 Å². The van der Waals surface area contributed by atoms with E-state index >= 15 is 0 Å². The van der Waals surface area contributed by atoms with Gasteiger partial charge in [0.1, 0.15) is 19.0 Å². The third kappa shape index (κ3) is 4.14. The summed E-state index contributed by atoms with van der Waals surface area (Å²) in [6.07, 6.45) is 2.19. The number of carbonyl (C=O) groups excluding carboxylic acids is 1. The molecule has 0 atom stereocenters. The number of amides is 1. The standard InChI is InChI=1S/C20H21FN2O3/c21-15-3-1-14(2-4-15)12-23(17-6-7-17)13-20(24)22-16-5-8-18-19(11-16)26-10-9-25-18/h1-5,8,11,17H,6-7,9-10,12-13H2,(H,22,24). The maximum atomic E-state index is 13.1. The molecule has 0 radical (unpaired) electrons. The number of anilines is 1. The first-order chi connectivity index (χ1) is 12.7. The van der Waals surface area contributed by atoms with Crippen molar-refractivity contribution in [3.8, 4) is 11.5 Å². The van der Waals surface area contributed by atoms with Crippen LogP contribution in [0.5, 0.6) is 11.5 Å². The van der Waals surface area contributed by atoms with Crippen molar-refractivity contribution in [3.05, 3.63) is 53.8 Å². The highest BCUT2D eigenvalue weighted by Gasteiger charge is 2.30. The van der Waals surface area contributed by atoms with Crippen LogP contribution in [-0.2, 0) is 11.3 Å². The Morgan fingerprint density at radius 1 is 1.08 bits per heavy atom. The van der Waals surface area contributed by atoms with E-state index in [4.69, 9.17) is 9.47 Å². The smallest absolute Gasteiger partial charge is 0.238 e. The Bertz CT molecular complexity index is 790. The predicted molar refractivity (Wildman–Crippen MR) is 95.9 cm³/mol. The molecule has 1 fully saturated rings. The van der Waals surface area contributed by atoms with Crippen molar-refractivity contribution < 1.29 is 18.7 Å². The number of nitrogens with one attached hydrogen (secondary N) is 1. The van der Waals surface area contributed by atoms with E-state index in [9.17, 15) is 9.18 Å².